The molecule has 1 aliphatic rings. The SMILES string of the molecule is COc1ccc(C(NC(C)=O)C(C(C)=O)=C2SCCS2)cc1. The van der Waals surface area contributed by atoms with Gasteiger partial charge >= 0.3 is 0 Å². The summed E-state index contributed by atoms with van der Waals surface area (Å²) >= 11 is 3.36. The second kappa shape index (κ2) is 7.74. The summed E-state index contributed by atoms with van der Waals surface area (Å²) in [5.74, 6) is 2.56. The number of nitrogens with one attached hydrogen (secondary N) is 1. The summed E-state index contributed by atoms with van der Waals surface area (Å²) in [5, 5.41) is 2.91. The van der Waals surface area contributed by atoms with Gasteiger partial charge in [0.1, 0.15) is 5.75 Å². The molecule has 118 valence electrons. The Balaban J connectivity index is 2.44. The molecule has 2 rings (SSSR count). The number of carbonyl (C=O) groups excluding carboxylic acids is 2. The zero-order valence-electron chi connectivity index (χ0n) is 12.8. The van der Waals surface area contributed by atoms with E-state index in [1.807, 2.05) is 24.3 Å². The lowest BCUT2D eigenvalue weighted by Crippen LogP contribution is -2.30. The minimum atomic E-state index is -0.422. The van der Waals surface area contributed by atoms with Crippen LogP contribution in [-0.2, 0) is 9.59 Å². The largest absolute Gasteiger partial charge is 0.497 e. The third kappa shape index (κ3) is 4.08. The maximum Gasteiger partial charge on any atom is 0.217 e. The first kappa shape index (κ1) is 17.0. The molecule has 1 aromatic carbocycles. The van der Waals surface area contributed by atoms with Crippen molar-refractivity contribution in [3.63, 3.8) is 0 Å². The van der Waals surface area contributed by atoms with Crippen LogP contribution < -0.4 is 10.1 Å². The zero-order chi connectivity index (χ0) is 16.1. The van der Waals surface area contributed by atoms with E-state index in [0.29, 0.717) is 5.57 Å². The van der Waals surface area contributed by atoms with Crippen LogP contribution in [0.1, 0.15) is 25.5 Å². The highest BCUT2D eigenvalue weighted by Gasteiger charge is 2.27. The number of amides is 1. The van der Waals surface area contributed by atoms with E-state index in [4.69, 9.17) is 4.74 Å². The molecule has 22 heavy (non-hydrogen) atoms. The third-order valence-corrected chi connectivity index (χ3v) is 5.98. The normalized spacial score (nSPS) is 15.3. The van der Waals surface area contributed by atoms with Crippen LogP contribution in [-0.4, -0.2) is 30.3 Å². The molecule has 1 unspecified atom stereocenters. The highest BCUT2D eigenvalue weighted by atomic mass is 32.2. The number of benzene rings is 1. The average molecular weight is 337 g/mol. The zero-order valence-corrected chi connectivity index (χ0v) is 14.5. The van der Waals surface area contributed by atoms with Crippen LogP contribution in [0.3, 0.4) is 0 Å². The van der Waals surface area contributed by atoms with Crippen LogP contribution in [0.4, 0.5) is 0 Å². The van der Waals surface area contributed by atoms with Gasteiger partial charge in [0.25, 0.3) is 0 Å². The summed E-state index contributed by atoms with van der Waals surface area (Å²) in [4.78, 5) is 23.8. The molecule has 1 saturated heterocycles. The Kier molecular flexibility index (Phi) is 5.97. The van der Waals surface area contributed by atoms with Gasteiger partial charge in [-0.1, -0.05) is 12.1 Å². The lowest BCUT2D eigenvalue weighted by Gasteiger charge is -2.22. The molecule has 0 saturated carbocycles. The molecule has 4 nitrogen and oxygen atoms in total. The lowest BCUT2D eigenvalue weighted by atomic mass is 9.97. The Morgan fingerprint density at radius 3 is 2.18 bits per heavy atom. The first-order valence-electron chi connectivity index (χ1n) is 6.94. The van der Waals surface area contributed by atoms with E-state index in [2.05, 4.69) is 5.32 Å². The first-order chi connectivity index (χ1) is 10.5. The topological polar surface area (TPSA) is 55.4 Å². The van der Waals surface area contributed by atoms with Crippen molar-refractivity contribution < 1.29 is 14.3 Å². The Bertz CT molecular complexity index is 588. The summed E-state index contributed by atoms with van der Waals surface area (Å²) < 4.78 is 6.18. The molecule has 1 aliphatic heterocycles. The summed E-state index contributed by atoms with van der Waals surface area (Å²) in [6.07, 6.45) is 0. The molecule has 0 aliphatic carbocycles. The van der Waals surface area contributed by atoms with Gasteiger partial charge in [0, 0.05) is 28.2 Å². The van der Waals surface area contributed by atoms with Gasteiger partial charge in [0.05, 0.1) is 13.2 Å². The fourth-order valence-corrected chi connectivity index (χ4v) is 4.96. The lowest BCUT2D eigenvalue weighted by molar-refractivity contribution is -0.119. The van der Waals surface area contributed by atoms with Gasteiger partial charge in [-0.25, -0.2) is 0 Å². The highest BCUT2D eigenvalue weighted by Crippen LogP contribution is 2.42. The second-order valence-electron chi connectivity index (χ2n) is 4.86. The van der Waals surface area contributed by atoms with Crippen molar-refractivity contribution in [1.82, 2.24) is 5.32 Å². The fraction of sp³-hybridized carbons (Fsp3) is 0.375. The number of ketones is 1. The van der Waals surface area contributed by atoms with Crippen molar-refractivity contribution in [2.24, 2.45) is 0 Å². The smallest absolute Gasteiger partial charge is 0.217 e. The average Bonchev–Trinajstić information content (AvgIpc) is 3.00. The van der Waals surface area contributed by atoms with Crippen molar-refractivity contribution in [2.75, 3.05) is 18.6 Å². The first-order valence-corrected chi connectivity index (χ1v) is 8.91. The van der Waals surface area contributed by atoms with Crippen LogP contribution in [0.2, 0.25) is 0 Å². The van der Waals surface area contributed by atoms with Crippen molar-refractivity contribution in [1.29, 1.82) is 0 Å². The van der Waals surface area contributed by atoms with Gasteiger partial charge in [0.2, 0.25) is 5.91 Å². The van der Waals surface area contributed by atoms with Crippen LogP contribution >= 0.6 is 23.5 Å². The number of thioether (sulfide) groups is 2. The van der Waals surface area contributed by atoms with Crippen LogP contribution in [0.25, 0.3) is 0 Å². The number of hydrogen-bond donors (Lipinski definition) is 1. The van der Waals surface area contributed by atoms with Gasteiger partial charge < -0.3 is 10.1 Å². The number of rotatable bonds is 5. The molecule has 1 heterocycles. The molecule has 0 aromatic heterocycles. The monoisotopic (exact) mass is 337 g/mol. The quantitative estimate of drug-likeness (QED) is 0.837. The van der Waals surface area contributed by atoms with Crippen LogP contribution in [0.5, 0.6) is 5.75 Å². The molecule has 1 fully saturated rings. The highest BCUT2D eigenvalue weighted by molar-refractivity contribution is 8.25. The van der Waals surface area contributed by atoms with Gasteiger partial charge in [-0.15, -0.1) is 23.5 Å². The van der Waals surface area contributed by atoms with E-state index in [1.165, 1.54) is 6.92 Å². The Morgan fingerprint density at radius 1 is 1.14 bits per heavy atom. The Morgan fingerprint density at radius 2 is 1.73 bits per heavy atom. The third-order valence-electron chi connectivity index (χ3n) is 3.23. The van der Waals surface area contributed by atoms with E-state index in [9.17, 15) is 9.59 Å². The standard InChI is InChI=1S/C16H19NO3S2/c1-10(18)14(16-21-8-9-22-16)15(17-11(2)19)12-4-6-13(20-3)7-5-12/h4-7,15H,8-9H2,1-3H3,(H,17,19). The van der Waals surface area contributed by atoms with E-state index in [-0.39, 0.29) is 11.7 Å². The van der Waals surface area contributed by atoms with Crippen molar-refractivity contribution >= 4 is 35.2 Å². The Hall–Kier alpha value is -1.40. The Labute approximate surface area is 139 Å². The van der Waals surface area contributed by atoms with Crippen LogP contribution in [0, 0.1) is 0 Å². The molecule has 6 heteroatoms. The van der Waals surface area contributed by atoms with E-state index >= 15 is 0 Å². The van der Waals surface area contributed by atoms with Gasteiger partial charge in [-0.2, -0.15) is 0 Å². The maximum atomic E-state index is 12.2. The number of hydrogen-bond acceptors (Lipinski definition) is 5. The fourth-order valence-electron chi connectivity index (χ4n) is 2.25. The molecule has 1 N–H and O–H groups in total. The predicted octanol–water partition coefficient (Wildman–Crippen LogP) is 3.15. The summed E-state index contributed by atoms with van der Waals surface area (Å²) in [6, 6.07) is 7.01. The summed E-state index contributed by atoms with van der Waals surface area (Å²) in [6.45, 7) is 3.02. The van der Waals surface area contributed by atoms with Gasteiger partial charge in [-0.3, -0.25) is 9.59 Å². The van der Waals surface area contributed by atoms with E-state index < -0.39 is 6.04 Å². The van der Waals surface area contributed by atoms with E-state index in [1.54, 1.807) is 37.6 Å². The molecule has 0 bridgehead atoms. The molecule has 0 radical (unpaired) electrons. The summed E-state index contributed by atoms with van der Waals surface area (Å²) in [5.41, 5.74) is 1.55. The number of carbonyl (C=O) groups is 2. The number of ether oxygens (including phenoxy) is 1. The molecule has 0 spiro atoms. The molecule has 1 aromatic rings. The molecule has 1 atom stereocenters. The summed E-state index contributed by atoms with van der Waals surface area (Å²) in [7, 11) is 1.61. The minimum Gasteiger partial charge on any atom is -0.497 e. The van der Waals surface area contributed by atoms with Crippen LogP contribution in [0.15, 0.2) is 34.1 Å². The number of Topliss-reactive ketones (excluding diaryl/α,β-unsaturated/α-hetero) is 1. The minimum absolute atomic E-state index is 0.00790. The van der Waals surface area contributed by atoms with Crippen molar-refractivity contribution in [3.8, 4) is 5.75 Å². The van der Waals surface area contributed by atoms with Gasteiger partial charge in [0.15, 0.2) is 5.78 Å². The van der Waals surface area contributed by atoms with Crippen molar-refractivity contribution in [3.05, 3.63) is 39.6 Å². The maximum absolute atomic E-state index is 12.2. The van der Waals surface area contributed by atoms with Crippen molar-refractivity contribution in [2.45, 2.75) is 19.9 Å². The molecule has 1 amide bonds. The molecular weight excluding hydrogens is 318 g/mol. The predicted molar refractivity (Wildman–Crippen MR) is 92.2 cm³/mol. The van der Waals surface area contributed by atoms with E-state index in [0.717, 1.165) is 27.1 Å². The second-order valence-corrected chi connectivity index (χ2v) is 7.33. The van der Waals surface area contributed by atoms with Gasteiger partial charge in [-0.05, 0) is 24.6 Å². The number of methoxy groups -OCH3 is 1. The molecular formula is C16H19NO3S2.